The molecular formula is C11H12BrFO2. The van der Waals surface area contributed by atoms with E-state index >= 15 is 0 Å². The van der Waals surface area contributed by atoms with Gasteiger partial charge in [0.1, 0.15) is 5.82 Å². The second kappa shape index (κ2) is 4.60. The Kier molecular flexibility index (Phi) is 3.38. The average molecular weight is 275 g/mol. The summed E-state index contributed by atoms with van der Waals surface area (Å²) in [5.41, 5.74) is 0.951. The minimum Gasteiger partial charge on any atom is -0.390 e. The average Bonchev–Trinajstić information content (AvgIpc) is 2.20. The van der Waals surface area contributed by atoms with Gasteiger partial charge in [-0.25, -0.2) is 4.39 Å². The van der Waals surface area contributed by atoms with Gasteiger partial charge in [-0.1, -0.05) is 22.0 Å². The molecule has 0 radical (unpaired) electrons. The van der Waals surface area contributed by atoms with E-state index in [1.165, 1.54) is 12.1 Å². The van der Waals surface area contributed by atoms with Crippen molar-refractivity contribution in [1.82, 2.24) is 0 Å². The number of ether oxygens (including phenoxy) is 1. The summed E-state index contributed by atoms with van der Waals surface area (Å²) in [5.74, 6) is -0.235. The van der Waals surface area contributed by atoms with Crippen LogP contribution >= 0.6 is 15.9 Å². The van der Waals surface area contributed by atoms with Crippen molar-refractivity contribution in [3.8, 4) is 0 Å². The molecule has 15 heavy (non-hydrogen) atoms. The summed E-state index contributed by atoms with van der Waals surface area (Å²) in [7, 11) is 0. The smallest absolute Gasteiger partial charge is 0.124 e. The van der Waals surface area contributed by atoms with E-state index in [4.69, 9.17) is 4.74 Å². The molecule has 1 N–H and O–H groups in total. The van der Waals surface area contributed by atoms with Crippen LogP contribution in [0.15, 0.2) is 22.7 Å². The van der Waals surface area contributed by atoms with Crippen molar-refractivity contribution in [3.05, 3.63) is 34.1 Å². The number of hydrogen-bond acceptors (Lipinski definition) is 2. The van der Waals surface area contributed by atoms with Crippen LogP contribution in [0.1, 0.15) is 17.9 Å². The second-order valence-electron chi connectivity index (χ2n) is 3.70. The van der Waals surface area contributed by atoms with Crippen molar-refractivity contribution in [1.29, 1.82) is 0 Å². The van der Waals surface area contributed by atoms with E-state index in [1.54, 1.807) is 6.07 Å². The number of halogens is 2. The third-order valence-electron chi connectivity index (χ3n) is 2.69. The quantitative estimate of drug-likeness (QED) is 0.853. The maximum Gasteiger partial charge on any atom is 0.124 e. The van der Waals surface area contributed by atoms with Gasteiger partial charge in [0.2, 0.25) is 0 Å². The Bertz CT molecular complexity index is 356. The zero-order valence-electron chi connectivity index (χ0n) is 8.12. The van der Waals surface area contributed by atoms with E-state index in [9.17, 15) is 9.50 Å². The lowest BCUT2D eigenvalue weighted by molar-refractivity contribution is -0.0206. The van der Waals surface area contributed by atoms with Gasteiger partial charge in [0.25, 0.3) is 0 Å². The predicted molar refractivity (Wildman–Crippen MR) is 58.3 cm³/mol. The van der Waals surface area contributed by atoms with Gasteiger partial charge >= 0.3 is 0 Å². The number of benzene rings is 1. The highest BCUT2D eigenvalue weighted by Crippen LogP contribution is 2.32. The highest BCUT2D eigenvalue weighted by atomic mass is 79.9. The van der Waals surface area contributed by atoms with Crippen molar-refractivity contribution in [2.24, 2.45) is 0 Å². The molecule has 82 valence electrons. The van der Waals surface area contributed by atoms with E-state index in [0.717, 1.165) is 12.0 Å². The highest BCUT2D eigenvalue weighted by molar-refractivity contribution is 9.10. The fourth-order valence-corrected chi connectivity index (χ4v) is 2.53. The number of aliphatic hydroxyl groups excluding tert-OH is 1. The van der Waals surface area contributed by atoms with Gasteiger partial charge in [0, 0.05) is 17.0 Å². The molecule has 0 bridgehead atoms. The Labute approximate surface area is 96.2 Å². The molecule has 1 aromatic rings. The van der Waals surface area contributed by atoms with Crippen LogP contribution in [0, 0.1) is 5.82 Å². The molecule has 1 aliphatic rings. The summed E-state index contributed by atoms with van der Waals surface area (Å²) in [4.78, 5) is 0. The SMILES string of the molecule is O[C@@H]1COCC[C@H]1c1ccc(F)cc1Br. The van der Waals surface area contributed by atoms with Gasteiger partial charge in [-0.2, -0.15) is 0 Å². The monoisotopic (exact) mass is 274 g/mol. The summed E-state index contributed by atoms with van der Waals surface area (Å²) in [6, 6.07) is 4.57. The third kappa shape index (κ3) is 2.38. The first-order valence-corrected chi connectivity index (χ1v) is 5.68. The van der Waals surface area contributed by atoms with E-state index in [-0.39, 0.29) is 11.7 Å². The minimum atomic E-state index is -0.500. The fourth-order valence-electron chi connectivity index (χ4n) is 1.89. The third-order valence-corrected chi connectivity index (χ3v) is 3.37. The maximum atomic E-state index is 12.9. The predicted octanol–water partition coefficient (Wildman–Crippen LogP) is 2.45. The second-order valence-corrected chi connectivity index (χ2v) is 4.56. The molecule has 0 aromatic heterocycles. The maximum absolute atomic E-state index is 12.9. The normalized spacial score (nSPS) is 26.6. The number of rotatable bonds is 1. The molecule has 0 aliphatic carbocycles. The summed E-state index contributed by atoms with van der Waals surface area (Å²) in [6.45, 7) is 1.00. The van der Waals surface area contributed by atoms with Gasteiger partial charge in [0.05, 0.1) is 12.7 Å². The first kappa shape index (κ1) is 11.0. The lowest BCUT2D eigenvalue weighted by Gasteiger charge is -2.28. The Hall–Kier alpha value is -0.450. The number of hydrogen-bond donors (Lipinski definition) is 1. The van der Waals surface area contributed by atoms with Crippen molar-refractivity contribution < 1.29 is 14.2 Å². The number of aliphatic hydroxyl groups is 1. The zero-order chi connectivity index (χ0) is 10.8. The molecule has 0 amide bonds. The summed E-state index contributed by atoms with van der Waals surface area (Å²) >= 11 is 3.32. The van der Waals surface area contributed by atoms with Crippen LogP contribution in [0.2, 0.25) is 0 Å². The molecule has 2 rings (SSSR count). The lowest BCUT2D eigenvalue weighted by atomic mass is 9.89. The Balaban J connectivity index is 2.27. The highest BCUT2D eigenvalue weighted by Gasteiger charge is 2.26. The van der Waals surface area contributed by atoms with Gasteiger partial charge in [0.15, 0.2) is 0 Å². The first-order valence-electron chi connectivity index (χ1n) is 4.89. The Morgan fingerprint density at radius 3 is 2.93 bits per heavy atom. The van der Waals surface area contributed by atoms with Crippen LogP contribution in [0.4, 0.5) is 4.39 Å². The topological polar surface area (TPSA) is 29.5 Å². The molecule has 0 saturated carbocycles. The molecule has 2 atom stereocenters. The summed E-state index contributed by atoms with van der Waals surface area (Å²) < 4.78 is 18.8. The van der Waals surface area contributed by atoms with Crippen LogP contribution in [-0.4, -0.2) is 24.4 Å². The molecule has 1 aliphatic heterocycles. The van der Waals surface area contributed by atoms with Crippen molar-refractivity contribution >= 4 is 15.9 Å². The van der Waals surface area contributed by atoms with Crippen LogP contribution in [0.3, 0.4) is 0 Å². The molecule has 1 heterocycles. The molecule has 2 nitrogen and oxygen atoms in total. The van der Waals surface area contributed by atoms with E-state index in [0.29, 0.717) is 17.7 Å². The zero-order valence-corrected chi connectivity index (χ0v) is 9.71. The van der Waals surface area contributed by atoms with Crippen molar-refractivity contribution in [3.63, 3.8) is 0 Å². The molecule has 4 heteroatoms. The molecule has 1 saturated heterocycles. The standard InChI is InChI=1S/C11H12BrFO2/c12-10-5-7(13)1-2-8(10)9-3-4-15-6-11(9)14/h1-2,5,9,11,14H,3-4,6H2/t9-,11+/m0/s1. The van der Waals surface area contributed by atoms with E-state index in [2.05, 4.69) is 15.9 Å². The Morgan fingerprint density at radius 2 is 2.27 bits per heavy atom. The van der Waals surface area contributed by atoms with Crippen LogP contribution in [-0.2, 0) is 4.74 Å². The van der Waals surface area contributed by atoms with E-state index in [1.807, 2.05) is 0 Å². The van der Waals surface area contributed by atoms with Crippen LogP contribution < -0.4 is 0 Å². The van der Waals surface area contributed by atoms with Crippen LogP contribution in [0.25, 0.3) is 0 Å². The van der Waals surface area contributed by atoms with E-state index < -0.39 is 6.10 Å². The van der Waals surface area contributed by atoms with Crippen molar-refractivity contribution in [2.75, 3.05) is 13.2 Å². The van der Waals surface area contributed by atoms with Gasteiger partial charge in [-0.05, 0) is 24.1 Å². The first-order chi connectivity index (χ1) is 7.18. The molecule has 0 spiro atoms. The Morgan fingerprint density at radius 1 is 1.47 bits per heavy atom. The van der Waals surface area contributed by atoms with Crippen molar-refractivity contribution in [2.45, 2.75) is 18.4 Å². The van der Waals surface area contributed by atoms with Crippen LogP contribution in [0.5, 0.6) is 0 Å². The summed E-state index contributed by atoms with van der Waals surface area (Å²) in [6.07, 6.45) is 0.270. The molecular weight excluding hydrogens is 263 g/mol. The largest absolute Gasteiger partial charge is 0.390 e. The lowest BCUT2D eigenvalue weighted by Crippen LogP contribution is -2.30. The fraction of sp³-hybridized carbons (Fsp3) is 0.455. The minimum absolute atomic E-state index is 0.0359. The molecule has 1 aromatic carbocycles. The summed E-state index contributed by atoms with van der Waals surface area (Å²) in [5, 5.41) is 9.78. The molecule has 0 unspecified atom stereocenters. The van der Waals surface area contributed by atoms with Gasteiger partial charge in [-0.15, -0.1) is 0 Å². The van der Waals surface area contributed by atoms with Gasteiger partial charge in [-0.3, -0.25) is 0 Å². The molecule has 1 fully saturated rings. The van der Waals surface area contributed by atoms with Gasteiger partial charge < -0.3 is 9.84 Å².